The fraction of sp³-hybridized carbons (Fsp3) is 0.143. The van der Waals surface area contributed by atoms with Gasteiger partial charge < -0.3 is 10.1 Å². The molecule has 18 heavy (non-hydrogen) atoms. The van der Waals surface area contributed by atoms with Crippen LogP contribution >= 0.6 is 27.5 Å². The zero-order valence-corrected chi connectivity index (χ0v) is 12.3. The van der Waals surface area contributed by atoms with Gasteiger partial charge in [0, 0.05) is 11.0 Å². The lowest BCUT2D eigenvalue weighted by Crippen LogP contribution is -2.04. The standard InChI is InChI=1S/C14H13BrClNO/c1-17-9-10-5-6-14(13(16)7-10)18-12-4-2-3-11(15)8-12/h2-8,17H,9H2,1H3. The molecular weight excluding hydrogens is 314 g/mol. The van der Waals surface area contributed by atoms with Gasteiger partial charge in [-0.25, -0.2) is 0 Å². The number of hydrogen-bond donors (Lipinski definition) is 1. The van der Waals surface area contributed by atoms with Crippen molar-refractivity contribution in [2.24, 2.45) is 0 Å². The van der Waals surface area contributed by atoms with Crippen LogP contribution in [-0.4, -0.2) is 7.05 Å². The maximum Gasteiger partial charge on any atom is 0.146 e. The van der Waals surface area contributed by atoms with Crippen molar-refractivity contribution in [3.63, 3.8) is 0 Å². The molecule has 0 aromatic heterocycles. The molecule has 2 rings (SSSR count). The first-order valence-corrected chi connectivity index (χ1v) is 6.72. The largest absolute Gasteiger partial charge is 0.456 e. The van der Waals surface area contributed by atoms with Crippen LogP contribution in [0.2, 0.25) is 5.02 Å². The highest BCUT2D eigenvalue weighted by molar-refractivity contribution is 9.10. The highest BCUT2D eigenvalue weighted by Gasteiger charge is 2.04. The van der Waals surface area contributed by atoms with Crippen molar-refractivity contribution in [2.45, 2.75) is 6.54 Å². The van der Waals surface area contributed by atoms with Crippen molar-refractivity contribution in [1.82, 2.24) is 5.32 Å². The monoisotopic (exact) mass is 325 g/mol. The second-order valence-electron chi connectivity index (χ2n) is 3.85. The number of benzene rings is 2. The van der Waals surface area contributed by atoms with Gasteiger partial charge in [0.15, 0.2) is 0 Å². The Kier molecular flexibility index (Phi) is 4.64. The van der Waals surface area contributed by atoms with E-state index in [1.807, 2.05) is 49.5 Å². The molecule has 4 heteroatoms. The molecule has 0 aliphatic heterocycles. The zero-order chi connectivity index (χ0) is 13.0. The van der Waals surface area contributed by atoms with Crippen LogP contribution in [0, 0.1) is 0 Å². The lowest BCUT2D eigenvalue weighted by Gasteiger charge is -2.09. The molecule has 0 heterocycles. The molecule has 2 nitrogen and oxygen atoms in total. The summed E-state index contributed by atoms with van der Waals surface area (Å²) >= 11 is 9.60. The number of nitrogens with one attached hydrogen (secondary N) is 1. The summed E-state index contributed by atoms with van der Waals surface area (Å²) in [6.45, 7) is 0.789. The Morgan fingerprint density at radius 3 is 2.72 bits per heavy atom. The molecular formula is C14H13BrClNO. The number of rotatable bonds is 4. The van der Waals surface area contributed by atoms with E-state index >= 15 is 0 Å². The van der Waals surface area contributed by atoms with Gasteiger partial charge >= 0.3 is 0 Å². The first-order chi connectivity index (χ1) is 8.69. The number of hydrogen-bond acceptors (Lipinski definition) is 2. The van der Waals surface area contributed by atoms with Crippen LogP contribution in [0.3, 0.4) is 0 Å². The van der Waals surface area contributed by atoms with E-state index in [0.717, 1.165) is 22.3 Å². The molecule has 2 aromatic rings. The summed E-state index contributed by atoms with van der Waals surface area (Å²) in [5.41, 5.74) is 1.13. The Hall–Kier alpha value is -1.03. The van der Waals surface area contributed by atoms with Crippen molar-refractivity contribution < 1.29 is 4.74 Å². The van der Waals surface area contributed by atoms with Crippen LogP contribution in [-0.2, 0) is 6.54 Å². The van der Waals surface area contributed by atoms with Crippen molar-refractivity contribution in [3.8, 4) is 11.5 Å². The van der Waals surface area contributed by atoms with Gasteiger partial charge in [-0.05, 0) is 42.9 Å². The average Bonchev–Trinajstić information content (AvgIpc) is 2.33. The third-order valence-corrected chi connectivity index (χ3v) is 3.19. The van der Waals surface area contributed by atoms with E-state index in [0.29, 0.717) is 10.8 Å². The second kappa shape index (κ2) is 6.23. The van der Waals surface area contributed by atoms with E-state index in [1.54, 1.807) is 0 Å². The summed E-state index contributed by atoms with van der Waals surface area (Å²) in [7, 11) is 1.90. The van der Waals surface area contributed by atoms with Crippen LogP contribution in [0.15, 0.2) is 46.9 Å². The van der Waals surface area contributed by atoms with E-state index in [-0.39, 0.29) is 0 Å². The second-order valence-corrected chi connectivity index (χ2v) is 5.18. The Bertz CT molecular complexity index is 545. The number of halogens is 2. The Morgan fingerprint density at radius 2 is 2.06 bits per heavy atom. The van der Waals surface area contributed by atoms with Crippen molar-refractivity contribution >= 4 is 27.5 Å². The van der Waals surface area contributed by atoms with E-state index in [4.69, 9.17) is 16.3 Å². The van der Waals surface area contributed by atoms with Gasteiger partial charge in [-0.1, -0.05) is 39.7 Å². The van der Waals surface area contributed by atoms with Crippen LogP contribution in [0.25, 0.3) is 0 Å². The molecule has 0 bridgehead atoms. The fourth-order valence-electron chi connectivity index (χ4n) is 1.60. The van der Waals surface area contributed by atoms with Gasteiger partial charge in [-0.15, -0.1) is 0 Å². The minimum atomic E-state index is 0.614. The molecule has 0 spiro atoms. The topological polar surface area (TPSA) is 21.3 Å². The van der Waals surface area contributed by atoms with Crippen LogP contribution in [0.5, 0.6) is 11.5 Å². The first-order valence-electron chi connectivity index (χ1n) is 5.55. The summed E-state index contributed by atoms with van der Waals surface area (Å²) in [4.78, 5) is 0. The quantitative estimate of drug-likeness (QED) is 0.885. The molecule has 1 N–H and O–H groups in total. The minimum Gasteiger partial charge on any atom is -0.456 e. The molecule has 0 aliphatic rings. The summed E-state index contributed by atoms with van der Waals surface area (Å²) < 4.78 is 6.72. The average molecular weight is 327 g/mol. The molecule has 0 saturated carbocycles. The zero-order valence-electron chi connectivity index (χ0n) is 9.91. The van der Waals surface area contributed by atoms with Crippen molar-refractivity contribution in [3.05, 3.63) is 57.5 Å². The molecule has 2 aromatic carbocycles. The number of ether oxygens (including phenoxy) is 1. The fourth-order valence-corrected chi connectivity index (χ4v) is 2.22. The smallest absolute Gasteiger partial charge is 0.146 e. The first kappa shape index (κ1) is 13.4. The lowest BCUT2D eigenvalue weighted by molar-refractivity contribution is 0.482. The van der Waals surface area contributed by atoms with Gasteiger partial charge in [-0.3, -0.25) is 0 Å². The maximum atomic E-state index is 6.19. The van der Waals surface area contributed by atoms with Crippen LogP contribution < -0.4 is 10.1 Å². The normalized spacial score (nSPS) is 10.4. The molecule has 0 atom stereocenters. The van der Waals surface area contributed by atoms with E-state index in [9.17, 15) is 0 Å². The minimum absolute atomic E-state index is 0.614. The summed E-state index contributed by atoms with van der Waals surface area (Å²) in [6.07, 6.45) is 0. The van der Waals surface area contributed by atoms with Gasteiger partial charge in [0.2, 0.25) is 0 Å². The van der Waals surface area contributed by atoms with E-state index < -0.39 is 0 Å². The van der Waals surface area contributed by atoms with Gasteiger partial charge in [0.25, 0.3) is 0 Å². The predicted octanol–water partition coefficient (Wildman–Crippen LogP) is 4.61. The molecule has 0 fully saturated rings. The van der Waals surface area contributed by atoms with E-state index in [2.05, 4.69) is 21.2 Å². The molecule has 0 saturated heterocycles. The third-order valence-electron chi connectivity index (χ3n) is 2.40. The van der Waals surface area contributed by atoms with Crippen LogP contribution in [0.1, 0.15) is 5.56 Å². The Labute approximate surface area is 120 Å². The molecule has 94 valence electrons. The van der Waals surface area contributed by atoms with Crippen molar-refractivity contribution in [2.75, 3.05) is 7.05 Å². The molecule has 0 unspecified atom stereocenters. The predicted molar refractivity (Wildman–Crippen MR) is 78.4 cm³/mol. The summed E-state index contributed by atoms with van der Waals surface area (Å²) in [5.74, 6) is 1.42. The summed E-state index contributed by atoms with van der Waals surface area (Å²) in [6, 6.07) is 13.4. The third kappa shape index (κ3) is 3.48. The van der Waals surface area contributed by atoms with Gasteiger partial charge in [-0.2, -0.15) is 0 Å². The Balaban J connectivity index is 2.19. The summed E-state index contributed by atoms with van der Waals surface area (Å²) in [5, 5.41) is 3.70. The van der Waals surface area contributed by atoms with Crippen molar-refractivity contribution in [1.29, 1.82) is 0 Å². The van der Waals surface area contributed by atoms with Gasteiger partial charge in [0.1, 0.15) is 11.5 Å². The highest BCUT2D eigenvalue weighted by atomic mass is 79.9. The maximum absolute atomic E-state index is 6.19. The molecule has 0 aliphatic carbocycles. The lowest BCUT2D eigenvalue weighted by atomic mass is 10.2. The van der Waals surface area contributed by atoms with Gasteiger partial charge in [0.05, 0.1) is 5.02 Å². The Morgan fingerprint density at radius 1 is 1.22 bits per heavy atom. The van der Waals surface area contributed by atoms with E-state index in [1.165, 1.54) is 0 Å². The SMILES string of the molecule is CNCc1ccc(Oc2cccc(Br)c2)c(Cl)c1. The molecule has 0 amide bonds. The van der Waals surface area contributed by atoms with Crippen LogP contribution in [0.4, 0.5) is 0 Å². The molecule has 0 radical (unpaired) electrons. The highest BCUT2D eigenvalue weighted by Crippen LogP contribution is 2.31.